The minimum Gasteiger partial charge on any atom is -0.377 e. The van der Waals surface area contributed by atoms with E-state index >= 15 is 0 Å². The molecule has 0 radical (unpaired) electrons. The lowest BCUT2D eigenvalue weighted by Crippen LogP contribution is -2.50. The van der Waals surface area contributed by atoms with Gasteiger partial charge in [0, 0.05) is 57.9 Å². The van der Waals surface area contributed by atoms with E-state index in [0.717, 1.165) is 43.6 Å². The molecule has 2 aliphatic heterocycles. The summed E-state index contributed by atoms with van der Waals surface area (Å²) in [6, 6.07) is 1.88. The molecule has 0 saturated carbocycles. The molecule has 1 amide bonds. The van der Waals surface area contributed by atoms with Gasteiger partial charge in [-0.05, 0) is 6.07 Å². The summed E-state index contributed by atoms with van der Waals surface area (Å²) in [6.07, 6.45) is 3.39. The first kappa shape index (κ1) is 16.1. The number of hydrogen-bond donors (Lipinski definition) is 0. The van der Waals surface area contributed by atoms with Crippen molar-refractivity contribution in [2.75, 3.05) is 51.7 Å². The van der Waals surface area contributed by atoms with Gasteiger partial charge in [-0.1, -0.05) is 18.7 Å². The van der Waals surface area contributed by atoms with Gasteiger partial charge >= 0.3 is 0 Å². The second-order valence-electron chi connectivity index (χ2n) is 6.12. The van der Waals surface area contributed by atoms with E-state index in [1.165, 1.54) is 0 Å². The molecule has 3 heterocycles. The summed E-state index contributed by atoms with van der Waals surface area (Å²) in [5, 5.41) is 1.71. The fourth-order valence-corrected chi connectivity index (χ4v) is 3.84. The number of aromatic nitrogens is 1. The van der Waals surface area contributed by atoms with E-state index in [9.17, 15) is 4.79 Å². The number of amides is 1. The maximum atomic E-state index is 12.8. The van der Waals surface area contributed by atoms with Gasteiger partial charge in [0.25, 0.3) is 5.91 Å². The van der Waals surface area contributed by atoms with Crippen molar-refractivity contribution >= 4 is 28.5 Å². The summed E-state index contributed by atoms with van der Waals surface area (Å²) in [5.41, 5.74) is 1.59. The molecule has 1 aromatic rings. The van der Waals surface area contributed by atoms with Gasteiger partial charge in [-0.3, -0.25) is 14.8 Å². The lowest BCUT2D eigenvalue weighted by molar-refractivity contribution is 0.0694. The van der Waals surface area contributed by atoms with E-state index in [1.807, 2.05) is 41.7 Å². The van der Waals surface area contributed by atoms with Crippen LogP contribution in [0.15, 0.2) is 23.5 Å². The standard InChI is InChI=1S/C16H23N5OS/c1-12-10-18-16(23-12)21-8-6-20(7-9-21)15(22)13-11-17-5-4-14(13)19(2)3/h4-5,11-12H,6-10H2,1-3H3/t12-/m1/s1. The number of aliphatic imine (C=N–C) groups is 1. The number of nitrogens with zero attached hydrogens (tertiary/aromatic N) is 5. The van der Waals surface area contributed by atoms with Crippen molar-refractivity contribution in [3.05, 3.63) is 24.0 Å². The predicted octanol–water partition coefficient (Wildman–Crippen LogP) is 1.40. The number of thioether (sulfide) groups is 1. The van der Waals surface area contributed by atoms with Gasteiger partial charge < -0.3 is 14.7 Å². The molecule has 1 atom stereocenters. The van der Waals surface area contributed by atoms with Crippen LogP contribution in [0.3, 0.4) is 0 Å². The summed E-state index contributed by atoms with van der Waals surface area (Å²) >= 11 is 1.84. The molecule has 0 spiro atoms. The topological polar surface area (TPSA) is 52.0 Å². The average Bonchev–Trinajstić information content (AvgIpc) is 3.01. The highest BCUT2D eigenvalue weighted by atomic mass is 32.2. The monoisotopic (exact) mass is 333 g/mol. The Kier molecular flexibility index (Phi) is 4.75. The van der Waals surface area contributed by atoms with Crippen molar-refractivity contribution in [2.45, 2.75) is 12.2 Å². The Hall–Kier alpha value is -1.76. The maximum Gasteiger partial charge on any atom is 0.257 e. The molecule has 1 aromatic heterocycles. The quantitative estimate of drug-likeness (QED) is 0.819. The first-order chi connectivity index (χ1) is 11.1. The molecule has 6 nitrogen and oxygen atoms in total. The fraction of sp³-hybridized carbons (Fsp3) is 0.562. The molecule has 0 aromatic carbocycles. The zero-order valence-corrected chi connectivity index (χ0v) is 14.7. The second kappa shape index (κ2) is 6.78. The van der Waals surface area contributed by atoms with Crippen molar-refractivity contribution in [3.63, 3.8) is 0 Å². The third-order valence-corrected chi connectivity index (χ3v) is 5.29. The van der Waals surface area contributed by atoms with E-state index in [2.05, 4.69) is 21.8 Å². The van der Waals surface area contributed by atoms with E-state index in [-0.39, 0.29) is 5.91 Å². The molecule has 2 aliphatic rings. The highest BCUT2D eigenvalue weighted by Crippen LogP contribution is 2.24. The van der Waals surface area contributed by atoms with Crippen LogP contribution >= 0.6 is 11.8 Å². The van der Waals surface area contributed by atoms with Crippen LogP contribution in [0.2, 0.25) is 0 Å². The first-order valence-electron chi connectivity index (χ1n) is 7.93. The molecular weight excluding hydrogens is 310 g/mol. The first-order valence-corrected chi connectivity index (χ1v) is 8.81. The highest BCUT2D eigenvalue weighted by molar-refractivity contribution is 8.14. The van der Waals surface area contributed by atoms with Crippen LogP contribution < -0.4 is 4.90 Å². The Morgan fingerprint density at radius 1 is 1.30 bits per heavy atom. The van der Waals surface area contributed by atoms with Crippen LogP contribution in [0.5, 0.6) is 0 Å². The van der Waals surface area contributed by atoms with Crippen LogP contribution in [0.1, 0.15) is 17.3 Å². The Morgan fingerprint density at radius 2 is 2.04 bits per heavy atom. The number of piperazine rings is 1. The molecular formula is C16H23N5OS. The van der Waals surface area contributed by atoms with E-state index < -0.39 is 0 Å². The third-order valence-electron chi connectivity index (χ3n) is 4.14. The van der Waals surface area contributed by atoms with Gasteiger partial charge in [-0.15, -0.1) is 0 Å². The lowest BCUT2D eigenvalue weighted by Gasteiger charge is -2.36. The third kappa shape index (κ3) is 3.44. The van der Waals surface area contributed by atoms with Crippen LogP contribution in [-0.2, 0) is 0 Å². The Morgan fingerprint density at radius 3 is 2.65 bits per heavy atom. The molecule has 0 unspecified atom stereocenters. The summed E-state index contributed by atoms with van der Waals surface area (Å²) in [6.45, 7) is 6.26. The summed E-state index contributed by atoms with van der Waals surface area (Å²) in [7, 11) is 3.89. The van der Waals surface area contributed by atoms with Gasteiger partial charge in [-0.2, -0.15) is 0 Å². The zero-order valence-electron chi connectivity index (χ0n) is 13.9. The van der Waals surface area contributed by atoms with Gasteiger partial charge in [-0.25, -0.2) is 0 Å². The number of anilines is 1. The molecule has 124 valence electrons. The number of carbonyl (C=O) groups excluding carboxylic acids is 1. The number of rotatable bonds is 2. The molecule has 3 rings (SSSR count). The number of hydrogen-bond acceptors (Lipinski definition) is 6. The minimum absolute atomic E-state index is 0.0656. The highest BCUT2D eigenvalue weighted by Gasteiger charge is 2.28. The Labute approximate surface area is 141 Å². The van der Waals surface area contributed by atoms with E-state index in [0.29, 0.717) is 10.8 Å². The van der Waals surface area contributed by atoms with Crippen LogP contribution in [0, 0.1) is 0 Å². The predicted molar refractivity (Wildman–Crippen MR) is 95.4 cm³/mol. The summed E-state index contributed by atoms with van der Waals surface area (Å²) < 4.78 is 0. The summed E-state index contributed by atoms with van der Waals surface area (Å²) in [5.74, 6) is 0.0656. The Bertz CT molecular complexity index is 610. The van der Waals surface area contributed by atoms with Crippen LogP contribution in [0.4, 0.5) is 5.69 Å². The zero-order chi connectivity index (χ0) is 16.4. The van der Waals surface area contributed by atoms with Crippen molar-refractivity contribution in [2.24, 2.45) is 4.99 Å². The SMILES string of the molecule is C[C@@H]1CN=C(N2CCN(C(=O)c3cnccc3N(C)C)CC2)S1. The van der Waals surface area contributed by atoms with Gasteiger partial charge in [0.2, 0.25) is 0 Å². The van der Waals surface area contributed by atoms with Crippen molar-refractivity contribution in [1.29, 1.82) is 0 Å². The Balaban J connectivity index is 1.65. The largest absolute Gasteiger partial charge is 0.377 e. The molecule has 1 fully saturated rings. The van der Waals surface area contributed by atoms with Crippen molar-refractivity contribution in [3.8, 4) is 0 Å². The average molecular weight is 333 g/mol. The van der Waals surface area contributed by atoms with Crippen LogP contribution in [0.25, 0.3) is 0 Å². The van der Waals surface area contributed by atoms with Crippen molar-refractivity contribution in [1.82, 2.24) is 14.8 Å². The molecule has 0 N–H and O–H groups in total. The molecule has 7 heteroatoms. The normalized spacial score (nSPS) is 21.3. The number of amidine groups is 1. The summed E-state index contributed by atoms with van der Waals surface area (Å²) in [4.78, 5) is 27.7. The minimum atomic E-state index is 0.0656. The maximum absolute atomic E-state index is 12.8. The molecule has 0 aliphatic carbocycles. The second-order valence-corrected chi connectivity index (χ2v) is 7.52. The van der Waals surface area contributed by atoms with E-state index in [4.69, 9.17) is 0 Å². The number of carbonyl (C=O) groups is 1. The molecule has 1 saturated heterocycles. The number of pyridine rings is 1. The fourth-order valence-electron chi connectivity index (χ4n) is 2.85. The van der Waals surface area contributed by atoms with Gasteiger partial charge in [0.1, 0.15) is 0 Å². The lowest BCUT2D eigenvalue weighted by atomic mass is 10.2. The van der Waals surface area contributed by atoms with E-state index in [1.54, 1.807) is 12.4 Å². The molecule has 23 heavy (non-hydrogen) atoms. The van der Waals surface area contributed by atoms with Crippen LogP contribution in [-0.4, -0.2) is 77.9 Å². The van der Waals surface area contributed by atoms with Gasteiger partial charge in [0.15, 0.2) is 5.17 Å². The van der Waals surface area contributed by atoms with Crippen molar-refractivity contribution < 1.29 is 4.79 Å². The van der Waals surface area contributed by atoms with Gasteiger partial charge in [0.05, 0.1) is 17.8 Å². The smallest absolute Gasteiger partial charge is 0.257 e. The molecule has 0 bridgehead atoms.